The SMILES string of the molecule is Cc1cc(C(=O)CN2C(=O)C(=O)N(Cc3ccccc3)C2=O)c(C)n1C[C@H]1CCCO1. The first-order chi connectivity index (χ1) is 14.9. The molecule has 8 nitrogen and oxygen atoms in total. The summed E-state index contributed by atoms with van der Waals surface area (Å²) in [5.74, 6) is -2.25. The maximum Gasteiger partial charge on any atom is 0.334 e. The van der Waals surface area contributed by atoms with E-state index in [9.17, 15) is 19.2 Å². The average Bonchev–Trinajstić information content (AvgIpc) is 3.43. The fourth-order valence-corrected chi connectivity index (χ4v) is 4.18. The molecule has 4 rings (SSSR count). The van der Waals surface area contributed by atoms with Crippen LogP contribution in [0, 0.1) is 13.8 Å². The predicted octanol–water partition coefficient (Wildman–Crippen LogP) is 2.46. The first-order valence-electron chi connectivity index (χ1n) is 10.4. The molecule has 1 aromatic heterocycles. The molecule has 8 heteroatoms. The van der Waals surface area contributed by atoms with E-state index < -0.39 is 24.4 Å². The Morgan fingerprint density at radius 3 is 2.45 bits per heavy atom. The number of carbonyl (C=O) groups is 4. The van der Waals surface area contributed by atoms with Crippen molar-refractivity contribution in [2.24, 2.45) is 0 Å². The summed E-state index contributed by atoms with van der Waals surface area (Å²) in [6, 6.07) is 9.93. The Balaban J connectivity index is 1.48. The van der Waals surface area contributed by atoms with Crippen molar-refractivity contribution in [3.05, 3.63) is 58.9 Å². The number of ketones is 1. The third-order valence-electron chi connectivity index (χ3n) is 5.90. The molecule has 4 amide bonds. The average molecular weight is 423 g/mol. The highest BCUT2D eigenvalue weighted by Crippen LogP contribution is 2.22. The summed E-state index contributed by atoms with van der Waals surface area (Å²) in [5.41, 5.74) is 2.86. The Bertz CT molecular complexity index is 1040. The van der Waals surface area contributed by atoms with Gasteiger partial charge in [-0.25, -0.2) is 9.69 Å². The highest BCUT2D eigenvalue weighted by atomic mass is 16.5. The number of nitrogens with zero attached hydrogens (tertiary/aromatic N) is 3. The molecule has 0 unspecified atom stereocenters. The van der Waals surface area contributed by atoms with E-state index in [1.807, 2.05) is 24.5 Å². The van der Waals surface area contributed by atoms with Crippen LogP contribution in [0.5, 0.6) is 0 Å². The normalized spacial score (nSPS) is 19.0. The van der Waals surface area contributed by atoms with Crippen LogP contribution in [0.4, 0.5) is 4.79 Å². The largest absolute Gasteiger partial charge is 0.376 e. The zero-order valence-electron chi connectivity index (χ0n) is 17.7. The minimum Gasteiger partial charge on any atom is -0.376 e. The third-order valence-corrected chi connectivity index (χ3v) is 5.90. The van der Waals surface area contributed by atoms with E-state index in [2.05, 4.69) is 0 Å². The zero-order valence-corrected chi connectivity index (χ0v) is 17.7. The maximum atomic E-state index is 13.0. The molecule has 2 aromatic rings. The van der Waals surface area contributed by atoms with Gasteiger partial charge in [0.15, 0.2) is 5.78 Å². The van der Waals surface area contributed by atoms with E-state index in [0.717, 1.165) is 46.2 Å². The lowest BCUT2D eigenvalue weighted by molar-refractivity contribution is -0.143. The van der Waals surface area contributed by atoms with Crippen molar-refractivity contribution >= 4 is 23.6 Å². The molecular weight excluding hydrogens is 398 g/mol. The van der Waals surface area contributed by atoms with Gasteiger partial charge in [0, 0.05) is 30.1 Å². The van der Waals surface area contributed by atoms with E-state index >= 15 is 0 Å². The van der Waals surface area contributed by atoms with Gasteiger partial charge in [0.05, 0.1) is 19.2 Å². The first kappa shape index (κ1) is 21.0. The quantitative estimate of drug-likeness (QED) is 0.388. The molecule has 0 spiro atoms. The van der Waals surface area contributed by atoms with E-state index in [1.54, 1.807) is 30.3 Å². The van der Waals surface area contributed by atoms with Crippen LogP contribution in [0.15, 0.2) is 36.4 Å². The number of carbonyl (C=O) groups excluding carboxylic acids is 4. The minimum atomic E-state index is -0.970. The fraction of sp³-hybridized carbons (Fsp3) is 0.391. The zero-order chi connectivity index (χ0) is 22.1. The topological polar surface area (TPSA) is 88.9 Å². The lowest BCUT2D eigenvalue weighted by Crippen LogP contribution is -2.37. The highest BCUT2D eigenvalue weighted by molar-refractivity contribution is 6.45. The predicted molar refractivity (Wildman–Crippen MR) is 111 cm³/mol. The summed E-state index contributed by atoms with van der Waals surface area (Å²) in [7, 11) is 0. The van der Waals surface area contributed by atoms with Crippen LogP contribution in [0.2, 0.25) is 0 Å². The summed E-state index contributed by atoms with van der Waals surface area (Å²) in [5, 5.41) is 0. The van der Waals surface area contributed by atoms with Crippen LogP contribution in [-0.4, -0.2) is 57.3 Å². The number of aromatic nitrogens is 1. The number of rotatable bonds is 7. The molecule has 2 fully saturated rings. The van der Waals surface area contributed by atoms with E-state index in [1.165, 1.54) is 0 Å². The number of hydrogen-bond acceptors (Lipinski definition) is 5. The Labute approximate surface area is 180 Å². The van der Waals surface area contributed by atoms with Crippen molar-refractivity contribution in [2.45, 2.75) is 45.9 Å². The molecule has 2 aliphatic rings. The molecule has 0 N–H and O–H groups in total. The molecule has 162 valence electrons. The number of urea groups is 1. The summed E-state index contributed by atoms with van der Waals surface area (Å²) < 4.78 is 7.73. The molecule has 2 saturated heterocycles. The molecule has 31 heavy (non-hydrogen) atoms. The Morgan fingerprint density at radius 1 is 1.06 bits per heavy atom. The van der Waals surface area contributed by atoms with E-state index in [4.69, 9.17) is 4.74 Å². The number of Topliss-reactive ketones (excluding diaryl/α,β-unsaturated/α-hetero) is 1. The molecule has 1 atom stereocenters. The first-order valence-corrected chi connectivity index (χ1v) is 10.4. The lowest BCUT2D eigenvalue weighted by Gasteiger charge is -2.16. The van der Waals surface area contributed by atoms with Crippen LogP contribution in [0.1, 0.15) is 40.2 Å². The molecular formula is C23H25N3O5. The molecule has 3 heterocycles. The van der Waals surface area contributed by atoms with Crippen molar-refractivity contribution in [3.8, 4) is 0 Å². The van der Waals surface area contributed by atoms with Crippen molar-refractivity contribution in [1.82, 2.24) is 14.4 Å². The fourth-order valence-electron chi connectivity index (χ4n) is 4.18. The van der Waals surface area contributed by atoms with Crippen molar-refractivity contribution in [1.29, 1.82) is 0 Å². The second kappa shape index (κ2) is 8.47. The number of ether oxygens (including phenoxy) is 1. The summed E-state index contributed by atoms with van der Waals surface area (Å²) in [6.07, 6.45) is 2.14. The van der Waals surface area contributed by atoms with E-state index in [0.29, 0.717) is 12.1 Å². The second-order valence-electron chi connectivity index (χ2n) is 8.00. The van der Waals surface area contributed by atoms with Gasteiger partial charge in [-0.3, -0.25) is 19.3 Å². The van der Waals surface area contributed by atoms with Crippen molar-refractivity contribution < 1.29 is 23.9 Å². The number of benzene rings is 1. The van der Waals surface area contributed by atoms with Crippen LogP contribution in [0.25, 0.3) is 0 Å². The van der Waals surface area contributed by atoms with Crippen LogP contribution in [0.3, 0.4) is 0 Å². The van der Waals surface area contributed by atoms with Gasteiger partial charge < -0.3 is 9.30 Å². The van der Waals surface area contributed by atoms with Gasteiger partial charge in [-0.1, -0.05) is 30.3 Å². The Kier molecular flexibility index (Phi) is 5.73. The number of aryl methyl sites for hydroxylation is 1. The monoisotopic (exact) mass is 423 g/mol. The van der Waals surface area contributed by atoms with Crippen LogP contribution >= 0.6 is 0 Å². The minimum absolute atomic E-state index is 0.00909. The summed E-state index contributed by atoms with van der Waals surface area (Å²) in [6.45, 7) is 4.70. The number of hydrogen-bond donors (Lipinski definition) is 0. The van der Waals surface area contributed by atoms with Gasteiger partial charge in [-0.05, 0) is 38.3 Å². The van der Waals surface area contributed by atoms with Crippen molar-refractivity contribution in [2.75, 3.05) is 13.2 Å². The van der Waals surface area contributed by atoms with Gasteiger partial charge in [0.25, 0.3) is 0 Å². The lowest BCUT2D eigenvalue weighted by atomic mass is 10.1. The molecule has 0 radical (unpaired) electrons. The number of amides is 4. The molecule has 0 saturated carbocycles. The molecule has 2 aliphatic heterocycles. The van der Waals surface area contributed by atoms with Crippen molar-refractivity contribution in [3.63, 3.8) is 0 Å². The smallest absolute Gasteiger partial charge is 0.334 e. The highest BCUT2D eigenvalue weighted by Gasteiger charge is 2.45. The molecule has 0 bridgehead atoms. The van der Waals surface area contributed by atoms with Crippen LogP contribution in [-0.2, 0) is 27.4 Å². The Hall–Kier alpha value is -3.26. The Morgan fingerprint density at radius 2 is 1.77 bits per heavy atom. The second-order valence-corrected chi connectivity index (χ2v) is 8.00. The standard InChI is InChI=1S/C23H25N3O5/c1-15-11-19(16(2)24(15)13-18-9-6-10-31-18)20(27)14-26-22(29)21(28)25(23(26)30)12-17-7-4-3-5-8-17/h3-5,7-8,11,18H,6,9-10,12-14H2,1-2H3/t18-/m1/s1. The van der Waals surface area contributed by atoms with Gasteiger partial charge >= 0.3 is 17.8 Å². The maximum absolute atomic E-state index is 13.0. The summed E-state index contributed by atoms with van der Waals surface area (Å²) in [4.78, 5) is 52.1. The number of imide groups is 2. The van der Waals surface area contributed by atoms with Gasteiger partial charge in [-0.2, -0.15) is 0 Å². The molecule has 0 aliphatic carbocycles. The van der Waals surface area contributed by atoms with E-state index in [-0.39, 0.29) is 18.4 Å². The van der Waals surface area contributed by atoms with Gasteiger partial charge in [0.2, 0.25) is 0 Å². The molecule has 1 aromatic carbocycles. The summed E-state index contributed by atoms with van der Waals surface area (Å²) >= 11 is 0. The van der Waals surface area contributed by atoms with Crippen LogP contribution < -0.4 is 0 Å². The van der Waals surface area contributed by atoms with Gasteiger partial charge in [-0.15, -0.1) is 0 Å². The van der Waals surface area contributed by atoms with Gasteiger partial charge in [0.1, 0.15) is 0 Å². The third kappa shape index (κ3) is 4.03.